The second-order valence-electron chi connectivity index (χ2n) is 2.91. The Morgan fingerprint density at radius 1 is 1.50 bits per heavy atom. The molecule has 1 heteroatoms. The van der Waals surface area contributed by atoms with Crippen molar-refractivity contribution in [2.24, 2.45) is 0 Å². The van der Waals surface area contributed by atoms with Gasteiger partial charge in [0.05, 0.1) is 12.4 Å². The van der Waals surface area contributed by atoms with Gasteiger partial charge in [-0.2, -0.15) is 0 Å². The lowest BCUT2D eigenvalue weighted by molar-refractivity contribution is 0.232. The van der Waals surface area contributed by atoms with E-state index in [1.54, 1.807) is 0 Å². The van der Waals surface area contributed by atoms with Crippen molar-refractivity contribution in [3.05, 3.63) is 11.3 Å². The van der Waals surface area contributed by atoms with Crippen LogP contribution >= 0.6 is 0 Å². The average Bonchev–Trinajstić information content (AvgIpc) is 2.31. The van der Waals surface area contributed by atoms with Gasteiger partial charge in [-0.1, -0.05) is 13.3 Å². The van der Waals surface area contributed by atoms with Gasteiger partial charge >= 0.3 is 0 Å². The van der Waals surface area contributed by atoms with E-state index in [0.29, 0.717) is 0 Å². The standard InChI is InChI=1S/C9H16O/c1-3-4-5-9-8(2)6-7-10-9/h3-7H2,1-2H3. The zero-order valence-electron chi connectivity index (χ0n) is 6.94. The molecule has 0 atom stereocenters. The van der Waals surface area contributed by atoms with E-state index in [1.165, 1.54) is 24.2 Å². The fourth-order valence-corrected chi connectivity index (χ4v) is 1.21. The maximum Gasteiger partial charge on any atom is 0.0950 e. The maximum atomic E-state index is 5.45. The third-order valence-corrected chi connectivity index (χ3v) is 1.99. The topological polar surface area (TPSA) is 9.23 Å². The fraction of sp³-hybridized carbons (Fsp3) is 0.778. The van der Waals surface area contributed by atoms with Crippen LogP contribution in [0.2, 0.25) is 0 Å². The molecule has 0 aromatic heterocycles. The monoisotopic (exact) mass is 140 g/mol. The normalized spacial score (nSPS) is 17.8. The smallest absolute Gasteiger partial charge is 0.0950 e. The molecule has 58 valence electrons. The molecule has 1 rings (SSSR count). The Labute approximate surface area is 63.1 Å². The molecule has 0 radical (unpaired) electrons. The molecule has 0 saturated carbocycles. The summed E-state index contributed by atoms with van der Waals surface area (Å²) in [5.74, 6) is 1.27. The minimum Gasteiger partial charge on any atom is -0.498 e. The Bertz CT molecular complexity index is 136. The van der Waals surface area contributed by atoms with Crippen LogP contribution in [0.5, 0.6) is 0 Å². The van der Waals surface area contributed by atoms with Crippen molar-refractivity contribution in [2.75, 3.05) is 6.61 Å². The minimum atomic E-state index is 0.922. The van der Waals surface area contributed by atoms with Crippen LogP contribution in [0.4, 0.5) is 0 Å². The van der Waals surface area contributed by atoms with Crippen LogP contribution < -0.4 is 0 Å². The van der Waals surface area contributed by atoms with E-state index in [-0.39, 0.29) is 0 Å². The Balaban J connectivity index is 2.31. The summed E-state index contributed by atoms with van der Waals surface area (Å²) in [7, 11) is 0. The predicted octanol–water partition coefficient (Wildman–Crippen LogP) is 2.87. The van der Waals surface area contributed by atoms with Crippen molar-refractivity contribution in [3.63, 3.8) is 0 Å². The molecule has 1 aliphatic rings. The highest BCUT2D eigenvalue weighted by atomic mass is 16.5. The van der Waals surface area contributed by atoms with Crippen molar-refractivity contribution in [2.45, 2.75) is 39.5 Å². The maximum absolute atomic E-state index is 5.45. The molecule has 0 saturated heterocycles. The summed E-state index contributed by atoms with van der Waals surface area (Å²) >= 11 is 0. The summed E-state index contributed by atoms with van der Waals surface area (Å²) in [6, 6.07) is 0. The Hall–Kier alpha value is -0.460. The van der Waals surface area contributed by atoms with Crippen LogP contribution in [0.15, 0.2) is 11.3 Å². The molecular formula is C9H16O. The molecule has 10 heavy (non-hydrogen) atoms. The van der Waals surface area contributed by atoms with Gasteiger partial charge in [0, 0.05) is 12.8 Å². The van der Waals surface area contributed by atoms with Gasteiger partial charge in [-0.15, -0.1) is 0 Å². The lowest BCUT2D eigenvalue weighted by Crippen LogP contribution is -1.85. The molecule has 0 aromatic rings. The lowest BCUT2D eigenvalue weighted by atomic mass is 10.1. The van der Waals surface area contributed by atoms with Crippen LogP contribution in [0.25, 0.3) is 0 Å². The van der Waals surface area contributed by atoms with Crippen molar-refractivity contribution in [3.8, 4) is 0 Å². The highest BCUT2D eigenvalue weighted by Crippen LogP contribution is 2.22. The summed E-state index contributed by atoms with van der Waals surface area (Å²) in [5.41, 5.74) is 1.47. The number of ether oxygens (including phenoxy) is 1. The molecule has 1 heterocycles. The molecule has 0 bridgehead atoms. The zero-order chi connectivity index (χ0) is 7.40. The summed E-state index contributed by atoms with van der Waals surface area (Å²) in [6.45, 7) is 5.31. The number of unbranched alkanes of at least 4 members (excludes halogenated alkanes) is 1. The Morgan fingerprint density at radius 2 is 2.30 bits per heavy atom. The summed E-state index contributed by atoms with van der Waals surface area (Å²) < 4.78 is 5.45. The first kappa shape index (κ1) is 7.64. The van der Waals surface area contributed by atoms with Gasteiger partial charge in [-0.3, -0.25) is 0 Å². The Kier molecular flexibility index (Phi) is 2.79. The first-order chi connectivity index (χ1) is 4.84. The molecular weight excluding hydrogens is 124 g/mol. The van der Waals surface area contributed by atoms with Gasteiger partial charge < -0.3 is 4.74 Å². The van der Waals surface area contributed by atoms with E-state index in [1.807, 2.05) is 0 Å². The van der Waals surface area contributed by atoms with Crippen LogP contribution in [-0.2, 0) is 4.74 Å². The molecule has 0 aliphatic carbocycles. The molecule has 0 N–H and O–H groups in total. The second-order valence-corrected chi connectivity index (χ2v) is 2.91. The number of hydrogen-bond acceptors (Lipinski definition) is 1. The zero-order valence-corrected chi connectivity index (χ0v) is 6.94. The molecule has 0 unspecified atom stereocenters. The highest BCUT2D eigenvalue weighted by molar-refractivity contribution is 5.09. The summed E-state index contributed by atoms with van der Waals surface area (Å²) in [6.07, 6.45) is 4.84. The van der Waals surface area contributed by atoms with Gasteiger partial charge in [0.25, 0.3) is 0 Å². The number of hydrogen-bond donors (Lipinski definition) is 0. The van der Waals surface area contributed by atoms with Gasteiger partial charge in [0.2, 0.25) is 0 Å². The van der Waals surface area contributed by atoms with Gasteiger partial charge in [-0.25, -0.2) is 0 Å². The second kappa shape index (κ2) is 3.65. The van der Waals surface area contributed by atoms with Crippen LogP contribution in [0.1, 0.15) is 39.5 Å². The number of allylic oxidation sites excluding steroid dienone is 1. The van der Waals surface area contributed by atoms with E-state index >= 15 is 0 Å². The SMILES string of the molecule is CCCCC1=C(C)CCO1. The summed E-state index contributed by atoms with van der Waals surface area (Å²) in [5, 5.41) is 0. The third kappa shape index (κ3) is 1.76. The van der Waals surface area contributed by atoms with Crippen LogP contribution in [-0.4, -0.2) is 6.61 Å². The van der Waals surface area contributed by atoms with Gasteiger partial charge in [0.15, 0.2) is 0 Å². The molecule has 0 aromatic carbocycles. The van der Waals surface area contributed by atoms with Gasteiger partial charge in [0.1, 0.15) is 0 Å². The number of rotatable bonds is 3. The first-order valence-corrected chi connectivity index (χ1v) is 4.16. The minimum absolute atomic E-state index is 0.922. The Morgan fingerprint density at radius 3 is 2.80 bits per heavy atom. The van der Waals surface area contributed by atoms with E-state index in [4.69, 9.17) is 4.74 Å². The van der Waals surface area contributed by atoms with Crippen molar-refractivity contribution in [1.82, 2.24) is 0 Å². The van der Waals surface area contributed by atoms with Crippen molar-refractivity contribution < 1.29 is 4.74 Å². The predicted molar refractivity (Wildman–Crippen MR) is 42.8 cm³/mol. The first-order valence-electron chi connectivity index (χ1n) is 4.16. The molecule has 1 nitrogen and oxygen atoms in total. The van der Waals surface area contributed by atoms with Crippen LogP contribution in [0, 0.1) is 0 Å². The van der Waals surface area contributed by atoms with Crippen molar-refractivity contribution >= 4 is 0 Å². The fourth-order valence-electron chi connectivity index (χ4n) is 1.21. The molecule has 0 amide bonds. The highest BCUT2D eigenvalue weighted by Gasteiger charge is 2.10. The van der Waals surface area contributed by atoms with E-state index in [2.05, 4.69) is 13.8 Å². The van der Waals surface area contributed by atoms with Crippen LogP contribution in [0.3, 0.4) is 0 Å². The van der Waals surface area contributed by atoms with E-state index in [9.17, 15) is 0 Å². The van der Waals surface area contributed by atoms with Crippen molar-refractivity contribution in [1.29, 1.82) is 0 Å². The third-order valence-electron chi connectivity index (χ3n) is 1.99. The molecule has 0 fully saturated rings. The lowest BCUT2D eigenvalue weighted by Gasteiger charge is -2.01. The van der Waals surface area contributed by atoms with Gasteiger partial charge in [-0.05, 0) is 18.9 Å². The van der Waals surface area contributed by atoms with E-state index in [0.717, 1.165) is 19.4 Å². The largest absolute Gasteiger partial charge is 0.498 e. The molecule has 0 spiro atoms. The summed E-state index contributed by atoms with van der Waals surface area (Å²) in [4.78, 5) is 0. The quantitative estimate of drug-likeness (QED) is 0.585. The molecule has 1 aliphatic heterocycles. The average molecular weight is 140 g/mol. The van der Waals surface area contributed by atoms with E-state index < -0.39 is 0 Å².